The third kappa shape index (κ3) is 6.92. The summed E-state index contributed by atoms with van der Waals surface area (Å²) < 4.78 is 5.52. The second-order valence-corrected chi connectivity index (χ2v) is 10.4. The summed E-state index contributed by atoms with van der Waals surface area (Å²) in [4.78, 5) is 52.2. The van der Waals surface area contributed by atoms with Gasteiger partial charge in [0.05, 0.1) is 5.69 Å². The molecule has 1 atom stereocenters. The van der Waals surface area contributed by atoms with Gasteiger partial charge in [0, 0.05) is 31.2 Å². The Bertz CT molecular complexity index is 1340. The summed E-state index contributed by atoms with van der Waals surface area (Å²) in [5, 5.41) is 0. The van der Waals surface area contributed by atoms with Gasteiger partial charge in [-0.15, -0.1) is 0 Å². The highest BCUT2D eigenvalue weighted by Crippen LogP contribution is 2.20. The van der Waals surface area contributed by atoms with E-state index in [1.807, 2.05) is 61.5 Å². The van der Waals surface area contributed by atoms with Crippen LogP contribution in [-0.4, -0.2) is 63.2 Å². The molecular weight excluding hydrogens is 504 g/mol. The number of ether oxygens (including phenoxy) is 1. The molecule has 0 aliphatic carbocycles. The predicted molar refractivity (Wildman–Crippen MR) is 153 cm³/mol. The van der Waals surface area contributed by atoms with Crippen LogP contribution in [-0.2, 0) is 17.8 Å². The fourth-order valence-electron chi connectivity index (χ4n) is 5.06. The van der Waals surface area contributed by atoms with E-state index in [1.54, 1.807) is 23.6 Å². The first-order valence-electron chi connectivity index (χ1n) is 14.0. The summed E-state index contributed by atoms with van der Waals surface area (Å²) in [6.07, 6.45) is 4.54. The third-order valence-electron chi connectivity index (χ3n) is 7.27. The lowest BCUT2D eigenvalue weighted by Crippen LogP contribution is -2.55. The van der Waals surface area contributed by atoms with E-state index in [0.717, 1.165) is 18.4 Å². The van der Waals surface area contributed by atoms with Gasteiger partial charge >= 0.3 is 5.97 Å². The van der Waals surface area contributed by atoms with Crippen LogP contribution in [0.15, 0.2) is 54.6 Å². The third-order valence-corrected chi connectivity index (χ3v) is 7.27. The van der Waals surface area contributed by atoms with Gasteiger partial charge in [0.1, 0.15) is 23.7 Å². The Balaban J connectivity index is 1.44. The molecular formula is C32H38N4O4. The maximum absolute atomic E-state index is 13.7. The molecule has 40 heavy (non-hydrogen) atoms. The Hall–Kier alpha value is -4.07. The first-order chi connectivity index (χ1) is 19.3. The summed E-state index contributed by atoms with van der Waals surface area (Å²) in [6, 6.07) is 17.0. The van der Waals surface area contributed by atoms with Crippen molar-refractivity contribution < 1.29 is 19.1 Å². The van der Waals surface area contributed by atoms with Crippen LogP contribution in [0.1, 0.15) is 87.0 Å². The van der Waals surface area contributed by atoms with Gasteiger partial charge < -0.3 is 14.5 Å². The Labute approximate surface area is 236 Å². The lowest BCUT2D eigenvalue weighted by atomic mass is 10.0. The van der Waals surface area contributed by atoms with Crippen molar-refractivity contribution in [1.82, 2.24) is 19.8 Å². The summed E-state index contributed by atoms with van der Waals surface area (Å²) in [7, 11) is 0. The van der Waals surface area contributed by atoms with Gasteiger partial charge in [-0.1, -0.05) is 62.2 Å². The summed E-state index contributed by atoms with van der Waals surface area (Å²) in [5.41, 5.74) is 3.24. The minimum Gasteiger partial charge on any atom is -0.457 e. The molecule has 4 rings (SSSR count). The largest absolute Gasteiger partial charge is 0.457 e. The molecule has 0 spiro atoms. The van der Waals surface area contributed by atoms with Crippen LogP contribution in [0, 0.1) is 13.8 Å². The maximum atomic E-state index is 13.7. The summed E-state index contributed by atoms with van der Waals surface area (Å²) in [5.74, 6) is -0.639. The Kier molecular flexibility index (Phi) is 9.64. The van der Waals surface area contributed by atoms with Crippen LogP contribution in [0.4, 0.5) is 0 Å². The Morgan fingerprint density at radius 3 is 2.30 bits per heavy atom. The lowest BCUT2D eigenvalue weighted by Gasteiger charge is -2.40. The number of benzene rings is 2. The van der Waals surface area contributed by atoms with E-state index in [-0.39, 0.29) is 35.7 Å². The van der Waals surface area contributed by atoms with Crippen LogP contribution < -0.4 is 0 Å². The van der Waals surface area contributed by atoms with Crippen molar-refractivity contribution in [1.29, 1.82) is 0 Å². The van der Waals surface area contributed by atoms with Crippen LogP contribution in [0.3, 0.4) is 0 Å². The van der Waals surface area contributed by atoms with E-state index >= 15 is 0 Å². The van der Waals surface area contributed by atoms with Crippen molar-refractivity contribution in [3.8, 4) is 0 Å². The molecule has 2 heterocycles. The highest BCUT2D eigenvalue weighted by molar-refractivity contribution is 6.04. The maximum Gasteiger partial charge on any atom is 0.342 e. The summed E-state index contributed by atoms with van der Waals surface area (Å²) in [6.45, 7) is 8.63. The number of carbonyl (C=O) groups is 3. The smallest absolute Gasteiger partial charge is 0.342 e. The number of piperazine rings is 1. The number of esters is 1. The number of amides is 2. The van der Waals surface area contributed by atoms with Gasteiger partial charge in [-0.05, 0) is 56.9 Å². The number of nitrogens with zero attached hydrogens (tertiary/aromatic N) is 4. The first kappa shape index (κ1) is 28.9. The molecule has 2 aromatic carbocycles. The molecule has 0 radical (unpaired) electrons. The van der Waals surface area contributed by atoms with Crippen LogP contribution in [0.5, 0.6) is 0 Å². The number of rotatable bonds is 9. The molecule has 1 fully saturated rings. The highest BCUT2D eigenvalue weighted by atomic mass is 16.5. The zero-order valence-electron chi connectivity index (χ0n) is 23.9. The topological polar surface area (TPSA) is 92.7 Å². The zero-order valence-corrected chi connectivity index (χ0v) is 23.9. The SMILES string of the molecule is CCCCCc1ccc(C(=O)N2CCN(C(=O)c3nc(C)nc(C)c3C(=O)OCc3ccccc3)CC2C)cc1. The van der Waals surface area contributed by atoms with Crippen molar-refractivity contribution in [2.24, 2.45) is 0 Å². The van der Waals surface area contributed by atoms with Crippen LogP contribution >= 0.6 is 0 Å². The standard InChI is InChI=1S/C32H38N4O4/c1-5-6-8-11-25-14-16-27(17-15-25)30(37)36-19-18-35(20-22(36)2)31(38)29-28(23(3)33-24(4)34-29)32(39)40-21-26-12-9-7-10-13-26/h7,9-10,12-17,22H,5-6,8,11,18-21H2,1-4H3. The Morgan fingerprint density at radius 1 is 0.900 bits per heavy atom. The van der Waals surface area contributed by atoms with Crippen molar-refractivity contribution in [2.75, 3.05) is 19.6 Å². The van der Waals surface area contributed by atoms with Crippen molar-refractivity contribution >= 4 is 17.8 Å². The highest BCUT2D eigenvalue weighted by Gasteiger charge is 2.34. The average Bonchev–Trinajstić information content (AvgIpc) is 2.96. The number of aryl methyl sites for hydroxylation is 3. The quantitative estimate of drug-likeness (QED) is 0.274. The molecule has 1 unspecified atom stereocenters. The van der Waals surface area contributed by atoms with E-state index in [9.17, 15) is 14.4 Å². The molecule has 3 aromatic rings. The van der Waals surface area contributed by atoms with Gasteiger partial charge in [0.15, 0.2) is 0 Å². The van der Waals surface area contributed by atoms with Gasteiger partial charge in [-0.25, -0.2) is 14.8 Å². The van der Waals surface area contributed by atoms with E-state index in [1.165, 1.54) is 18.4 Å². The normalized spacial score (nSPS) is 15.2. The molecule has 210 valence electrons. The molecule has 8 nitrogen and oxygen atoms in total. The van der Waals surface area contributed by atoms with E-state index < -0.39 is 5.97 Å². The molecule has 1 aliphatic rings. The summed E-state index contributed by atoms with van der Waals surface area (Å²) >= 11 is 0. The van der Waals surface area contributed by atoms with Crippen LogP contribution in [0.2, 0.25) is 0 Å². The van der Waals surface area contributed by atoms with E-state index in [4.69, 9.17) is 4.74 Å². The number of unbranched alkanes of at least 4 members (excludes halogenated alkanes) is 2. The van der Waals surface area contributed by atoms with Gasteiger partial charge in [-0.2, -0.15) is 0 Å². The zero-order chi connectivity index (χ0) is 28.6. The average molecular weight is 543 g/mol. The second-order valence-electron chi connectivity index (χ2n) is 10.4. The number of hydrogen-bond donors (Lipinski definition) is 0. The lowest BCUT2D eigenvalue weighted by molar-refractivity contribution is 0.0401. The molecule has 2 amide bonds. The van der Waals surface area contributed by atoms with Crippen molar-refractivity contribution in [2.45, 2.75) is 66.0 Å². The second kappa shape index (κ2) is 13.3. The molecule has 8 heteroatoms. The fourth-order valence-corrected chi connectivity index (χ4v) is 5.06. The molecule has 0 N–H and O–H groups in total. The minimum absolute atomic E-state index is 0.0358. The number of carbonyl (C=O) groups excluding carboxylic acids is 3. The van der Waals surface area contributed by atoms with E-state index in [0.29, 0.717) is 36.7 Å². The van der Waals surface area contributed by atoms with Crippen molar-refractivity contribution in [3.05, 3.63) is 94.1 Å². The van der Waals surface area contributed by atoms with Gasteiger partial charge in [-0.3, -0.25) is 9.59 Å². The number of aromatic nitrogens is 2. The van der Waals surface area contributed by atoms with E-state index in [2.05, 4.69) is 16.9 Å². The molecule has 0 bridgehead atoms. The van der Waals surface area contributed by atoms with Gasteiger partial charge in [0.2, 0.25) is 0 Å². The van der Waals surface area contributed by atoms with Crippen LogP contribution in [0.25, 0.3) is 0 Å². The minimum atomic E-state index is -0.635. The van der Waals surface area contributed by atoms with Crippen molar-refractivity contribution in [3.63, 3.8) is 0 Å². The monoisotopic (exact) mass is 542 g/mol. The molecule has 1 saturated heterocycles. The number of hydrogen-bond acceptors (Lipinski definition) is 6. The Morgan fingerprint density at radius 2 is 1.62 bits per heavy atom. The molecule has 0 saturated carbocycles. The van der Waals surface area contributed by atoms with Gasteiger partial charge in [0.25, 0.3) is 11.8 Å². The predicted octanol–water partition coefficient (Wildman–Crippen LogP) is 5.17. The molecule has 1 aliphatic heterocycles. The molecule has 1 aromatic heterocycles. The first-order valence-corrected chi connectivity index (χ1v) is 14.0. The fraction of sp³-hybridized carbons (Fsp3) is 0.406.